The van der Waals surface area contributed by atoms with Crippen LogP contribution in [0.3, 0.4) is 0 Å². The Balaban J connectivity index is 3.29. The second-order valence-electron chi connectivity index (χ2n) is 3.69. The van der Waals surface area contributed by atoms with Gasteiger partial charge in [-0.3, -0.25) is 35.7 Å². The number of rotatable bonds is 6. The first kappa shape index (κ1) is 14.3. The van der Waals surface area contributed by atoms with Crippen molar-refractivity contribution in [3.63, 3.8) is 0 Å². The van der Waals surface area contributed by atoms with E-state index in [1.165, 1.54) is 24.3 Å². The molecule has 102 valence electrons. The summed E-state index contributed by atoms with van der Waals surface area (Å²) in [6.45, 7) is 0.807. The SMILES string of the molecule is CC([N+](=O)[O-])C(Nc1ccccc1)([N+](=O)[O-])[N+](=O)[O-]. The highest BCUT2D eigenvalue weighted by atomic mass is 16.7. The number of nitrogens with zero attached hydrogens (tertiary/aromatic N) is 3. The van der Waals surface area contributed by atoms with Crippen LogP contribution in [0.15, 0.2) is 30.3 Å². The van der Waals surface area contributed by atoms with E-state index in [1.54, 1.807) is 6.07 Å². The first-order chi connectivity index (χ1) is 8.82. The van der Waals surface area contributed by atoms with Gasteiger partial charge in [-0.1, -0.05) is 18.2 Å². The van der Waals surface area contributed by atoms with Gasteiger partial charge in [0.15, 0.2) is 0 Å². The fourth-order valence-electron chi connectivity index (χ4n) is 1.45. The van der Waals surface area contributed by atoms with Gasteiger partial charge in [0, 0.05) is 17.5 Å². The molecular weight excluding hydrogens is 260 g/mol. The minimum Gasteiger partial charge on any atom is -0.264 e. The summed E-state index contributed by atoms with van der Waals surface area (Å²) < 4.78 is 0. The summed E-state index contributed by atoms with van der Waals surface area (Å²) in [5, 5.41) is 34.8. The fraction of sp³-hybridized carbons (Fsp3) is 0.333. The second kappa shape index (κ2) is 5.25. The van der Waals surface area contributed by atoms with E-state index in [9.17, 15) is 30.3 Å². The molecule has 0 aliphatic heterocycles. The Morgan fingerprint density at radius 1 is 1.05 bits per heavy atom. The van der Waals surface area contributed by atoms with E-state index in [2.05, 4.69) is 0 Å². The van der Waals surface area contributed by atoms with Crippen LogP contribution in [-0.2, 0) is 0 Å². The predicted molar refractivity (Wildman–Crippen MR) is 63.2 cm³/mol. The molecule has 0 fully saturated rings. The molecule has 0 spiro atoms. The topological polar surface area (TPSA) is 141 Å². The Morgan fingerprint density at radius 3 is 1.89 bits per heavy atom. The third kappa shape index (κ3) is 2.56. The first-order valence-corrected chi connectivity index (χ1v) is 5.08. The van der Waals surface area contributed by atoms with Gasteiger partial charge in [0.1, 0.15) is 9.85 Å². The lowest BCUT2D eigenvalue weighted by Crippen LogP contribution is -2.62. The lowest BCUT2D eigenvalue weighted by atomic mass is 10.1. The summed E-state index contributed by atoms with van der Waals surface area (Å²) >= 11 is 0. The number of benzene rings is 1. The molecule has 1 unspecified atom stereocenters. The van der Waals surface area contributed by atoms with Crippen molar-refractivity contribution < 1.29 is 14.8 Å². The van der Waals surface area contributed by atoms with Crippen molar-refractivity contribution in [1.82, 2.24) is 0 Å². The lowest BCUT2D eigenvalue weighted by molar-refractivity contribution is -0.824. The summed E-state index contributed by atoms with van der Waals surface area (Å²) in [6.07, 6.45) is 0. The highest BCUT2D eigenvalue weighted by Crippen LogP contribution is 2.22. The average molecular weight is 270 g/mol. The standard InChI is InChI=1S/C9H10N4O6/c1-7(11(14)15)9(12(16)17,13(18)19)10-8-5-3-2-4-6-8/h2-7,10H,1H3. The van der Waals surface area contributed by atoms with Crippen molar-refractivity contribution in [2.24, 2.45) is 0 Å². The zero-order chi connectivity index (χ0) is 14.6. The second-order valence-corrected chi connectivity index (χ2v) is 3.69. The Kier molecular flexibility index (Phi) is 3.94. The lowest BCUT2D eigenvalue weighted by Gasteiger charge is -2.19. The zero-order valence-corrected chi connectivity index (χ0v) is 9.76. The van der Waals surface area contributed by atoms with Gasteiger partial charge in [0.25, 0.3) is 0 Å². The largest absolute Gasteiger partial charge is 0.608 e. The van der Waals surface area contributed by atoms with Crippen molar-refractivity contribution in [3.8, 4) is 0 Å². The molecule has 0 aliphatic rings. The minimum atomic E-state index is -3.12. The molecule has 10 nitrogen and oxygen atoms in total. The highest BCUT2D eigenvalue weighted by Gasteiger charge is 2.69. The Morgan fingerprint density at radius 2 is 1.53 bits per heavy atom. The van der Waals surface area contributed by atoms with E-state index in [-0.39, 0.29) is 5.69 Å². The predicted octanol–water partition coefficient (Wildman–Crippen LogP) is 0.971. The molecule has 0 bridgehead atoms. The van der Waals surface area contributed by atoms with Crippen LogP contribution in [0.2, 0.25) is 0 Å². The van der Waals surface area contributed by atoms with Crippen LogP contribution in [0.5, 0.6) is 0 Å². The molecule has 10 heteroatoms. The molecule has 1 aromatic carbocycles. The molecule has 0 aliphatic carbocycles. The smallest absolute Gasteiger partial charge is 0.264 e. The van der Waals surface area contributed by atoms with Gasteiger partial charge in [0.2, 0.25) is 0 Å². The molecule has 1 N–H and O–H groups in total. The van der Waals surface area contributed by atoms with Gasteiger partial charge >= 0.3 is 11.8 Å². The van der Waals surface area contributed by atoms with Gasteiger partial charge in [0.05, 0.1) is 0 Å². The number of anilines is 1. The fourth-order valence-corrected chi connectivity index (χ4v) is 1.45. The number of hydrogen-bond acceptors (Lipinski definition) is 7. The van der Waals surface area contributed by atoms with Crippen LogP contribution in [0.1, 0.15) is 6.92 Å². The van der Waals surface area contributed by atoms with Gasteiger partial charge in [-0.2, -0.15) is 0 Å². The summed E-state index contributed by atoms with van der Waals surface area (Å²) in [7, 11) is 0. The van der Waals surface area contributed by atoms with Crippen molar-refractivity contribution in [2.45, 2.75) is 18.8 Å². The zero-order valence-electron chi connectivity index (χ0n) is 9.76. The van der Waals surface area contributed by atoms with Gasteiger partial charge in [-0.15, -0.1) is 0 Å². The van der Waals surface area contributed by atoms with E-state index in [0.29, 0.717) is 0 Å². The van der Waals surface area contributed by atoms with Crippen molar-refractivity contribution in [1.29, 1.82) is 0 Å². The Bertz CT molecular complexity index is 491. The van der Waals surface area contributed by atoms with Gasteiger partial charge in [-0.05, 0) is 12.1 Å². The minimum absolute atomic E-state index is 0.0459. The van der Waals surface area contributed by atoms with Crippen molar-refractivity contribution in [3.05, 3.63) is 60.7 Å². The third-order valence-electron chi connectivity index (χ3n) is 2.56. The molecule has 0 heterocycles. The van der Waals surface area contributed by atoms with Gasteiger partial charge in [-0.25, -0.2) is 0 Å². The number of para-hydroxylation sites is 1. The molecule has 1 atom stereocenters. The van der Waals surface area contributed by atoms with Crippen LogP contribution in [0.25, 0.3) is 0 Å². The van der Waals surface area contributed by atoms with Gasteiger partial charge < -0.3 is 0 Å². The van der Waals surface area contributed by atoms with E-state index >= 15 is 0 Å². The Hall–Kier alpha value is -2.78. The molecule has 0 saturated carbocycles. The van der Waals surface area contributed by atoms with E-state index in [4.69, 9.17) is 0 Å². The molecular formula is C9H10N4O6. The monoisotopic (exact) mass is 270 g/mol. The summed E-state index contributed by atoms with van der Waals surface area (Å²) in [5.74, 6) is -3.12. The molecule has 0 aromatic heterocycles. The van der Waals surface area contributed by atoms with Crippen LogP contribution in [-0.4, -0.2) is 26.6 Å². The maximum Gasteiger partial charge on any atom is 0.608 e. The van der Waals surface area contributed by atoms with E-state index < -0.39 is 26.6 Å². The van der Waals surface area contributed by atoms with E-state index in [1.807, 2.05) is 5.32 Å². The van der Waals surface area contributed by atoms with Crippen LogP contribution in [0, 0.1) is 30.3 Å². The summed E-state index contributed by atoms with van der Waals surface area (Å²) in [5.41, 5.74) is 0.0459. The van der Waals surface area contributed by atoms with Crippen LogP contribution >= 0.6 is 0 Å². The van der Waals surface area contributed by atoms with Crippen molar-refractivity contribution >= 4 is 5.69 Å². The quantitative estimate of drug-likeness (QED) is 0.461. The van der Waals surface area contributed by atoms with E-state index in [0.717, 1.165) is 6.92 Å². The number of hydrogen-bond donors (Lipinski definition) is 1. The molecule has 1 aromatic rings. The highest BCUT2D eigenvalue weighted by molar-refractivity contribution is 5.43. The molecule has 0 amide bonds. The summed E-state index contributed by atoms with van der Waals surface area (Å²) in [4.78, 5) is 29.1. The molecule has 1 rings (SSSR count). The maximum absolute atomic E-state index is 11.0. The average Bonchev–Trinajstić information content (AvgIpc) is 2.35. The third-order valence-corrected chi connectivity index (χ3v) is 2.56. The van der Waals surface area contributed by atoms with Crippen LogP contribution in [0.4, 0.5) is 5.69 Å². The summed E-state index contributed by atoms with van der Waals surface area (Å²) in [6, 6.07) is 5.20. The number of nitro groups is 3. The molecule has 0 radical (unpaired) electrons. The normalized spacial score (nSPS) is 12.5. The maximum atomic E-state index is 11.0. The molecule has 19 heavy (non-hydrogen) atoms. The molecule has 0 saturated heterocycles. The first-order valence-electron chi connectivity index (χ1n) is 5.08. The van der Waals surface area contributed by atoms with Crippen molar-refractivity contribution in [2.75, 3.05) is 5.32 Å². The van der Waals surface area contributed by atoms with Crippen LogP contribution < -0.4 is 5.32 Å². The number of nitrogens with one attached hydrogen (secondary N) is 1. The Labute approximate surface area is 106 Å².